The summed E-state index contributed by atoms with van der Waals surface area (Å²) < 4.78 is 0. The summed E-state index contributed by atoms with van der Waals surface area (Å²) in [5.74, 6) is 1.45. The first-order valence-corrected chi connectivity index (χ1v) is 7.25. The van der Waals surface area contributed by atoms with Crippen LogP contribution in [0.1, 0.15) is 59.3 Å². The van der Waals surface area contributed by atoms with E-state index in [1.807, 2.05) is 0 Å². The van der Waals surface area contributed by atoms with Crippen LogP contribution in [0, 0.1) is 5.92 Å². The molecule has 2 N–H and O–H groups in total. The molecule has 1 saturated carbocycles. The van der Waals surface area contributed by atoms with Crippen molar-refractivity contribution in [1.82, 2.24) is 4.90 Å². The Labute approximate surface area is 106 Å². The van der Waals surface area contributed by atoms with Crippen LogP contribution in [0.3, 0.4) is 0 Å². The summed E-state index contributed by atoms with van der Waals surface area (Å²) in [6.45, 7) is 8.66. The van der Waals surface area contributed by atoms with Gasteiger partial charge in [-0.05, 0) is 25.7 Å². The van der Waals surface area contributed by atoms with Crippen LogP contribution in [-0.2, 0) is 0 Å². The van der Waals surface area contributed by atoms with Crippen molar-refractivity contribution in [2.75, 3.05) is 13.1 Å². The molecule has 1 aliphatic rings. The Morgan fingerprint density at radius 3 is 2.47 bits per heavy atom. The van der Waals surface area contributed by atoms with E-state index >= 15 is 0 Å². The molecule has 0 heterocycles. The lowest BCUT2D eigenvalue weighted by atomic mass is 9.96. The van der Waals surface area contributed by atoms with Gasteiger partial charge < -0.3 is 10.6 Å². The Balaban J connectivity index is 2.51. The molecule has 0 amide bonds. The van der Waals surface area contributed by atoms with Crippen LogP contribution in [0.4, 0.5) is 0 Å². The van der Waals surface area contributed by atoms with E-state index in [0.29, 0.717) is 12.0 Å². The maximum Gasteiger partial charge on any atom is 0.191 e. The Morgan fingerprint density at radius 1 is 1.29 bits per heavy atom. The maximum absolute atomic E-state index is 6.14. The number of nitrogens with two attached hydrogens (primary N) is 1. The van der Waals surface area contributed by atoms with Crippen LogP contribution in [0.5, 0.6) is 0 Å². The molecule has 1 rings (SSSR count). The van der Waals surface area contributed by atoms with Gasteiger partial charge in [0.1, 0.15) is 0 Å². The number of guanidine groups is 1. The SMILES string of the molecule is CCC(C)CN(CC)C(N)=NC1CCCCC1. The van der Waals surface area contributed by atoms with Gasteiger partial charge in [-0.25, -0.2) is 4.99 Å². The zero-order valence-corrected chi connectivity index (χ0v) is 11.8. The van der Waals surface area contributed by atoms with E-state index in [-0.39, 0.29) is 0 Å². The highest BCUT2D eigenvalue weighted by Crippen LogP contribution is 2.20. The average molecular weight is 239 g/mol. The van der Waals surface area contributed by atoms with E-state index in [2.05, 4.69) is 25.7 Å². The molecule has 0 radical (unpaired) electrons. The second kappa shape index (κ2) is 7.57. The molecule has 1 atom stereocenters. The second-order valence-electron chi connectivity index (χ2n) is 5.33. The second-order valence-corrected chi connectivity index (χ2v) is 5.33. The van der Waals surface area contributed by atoms with Gasteiger partial charge in [0.2, 0.25) is 0 Å². The lowest BCUT2D eigenvalue weighted by molar-refractivity contribution is 0.350. The summed E-state index contributed by atoms with van der Waals surface area (Å²) in [4.78, 5) is 6.94. The topological polar surface area (TPSA) is 41.6 Å². The number of rotatable bonds is 5. The van der Waals surface area contributed by atoms with E-state index in [0.717, 1.165) is 19.0 Å². The van der Waals surface area contributed by atoms with Crippen LogP contribution >= 0.6 is 0 Å². The van der Waals surface area contributed by atoms with Crippen LogP contribution in [0.2, 0.25) is 0 Å². The van der Waals surface area contributed by atoms with Crippen LogP contribution < -0.4 is 5.73 Å². The summed E-state index contributed by atoms with van der Waals surface area (Å²) >= 11 is 0. The summed E-state index contributed by atoms with van der Waals surface area (Å²) in [6.07, 6.45) is 7.66. The van der Waals surface area contributed by atoms with Crippen LogP contribution in [-0.4, -0.2) is 30.0 Å². The maximum atomic E-state index is 6.14. The molecule has 0 spiro atoms. The average Bonchev–Trinajstić information content (AvgIpc) is 2.36. The van der Waals surface area contributed by atoms with Crippen molar-refractivity contribution in [1.29, 1.82) is 0 Å². The first-order chi connectivity index (χ1) is 8.17. The van der Waals surface area contributed by atoms with E-state index < -0.39 is 0 Å². The molecule has 17 heavy (non-hydrogen) atoms. The Kier molecular flexibility index (Phi) is 6.38. The van der Waals surface area contributed by atoms with Crippen molar-refractivity contribution in [2.45, 2.75) is 65.3 Å². The number of hydrogen-bond acceptors (Lipinski definition) is 1. The molecule has 100 valence electrons. The molecule has 0 aromatic carbocycles. The Bertz CT molecular complexity index is 232. The Hall–Kier alpha value is -0.730. The molecule has 1 aliphatic carbocycles. The molecule has 0 saturated heterocycles. The molecule has 0 aliphatic heterocycles. The molecule has 1 unspecified atom stereocenters. The van der Waals surface area contributed by atoms with Crippen molar-refractivity contribution in [3.63, 3.8) is 0 Å². The molecule has 0 aromatic heterocycles. The highest BCUT2D eigenvalue weighted by molar-refractivity contribution is 5.78. The highest BCUT2D eigenvalue weighted by Gasteiger charge is 2.15. The normalized spacial score (nSPS) is 20.3. The van der Waals surface area contributed by atoms with Crippen molar-refractivity contribution in [2.24, 2.45) is 16.6 Å². The third kappa shape index (κ3) is 4.97. The number of hydrogen-bond donors (Lipinski definition) is 1. The van der Waals surface area contributed by atoms with Crippen molar-refractivity contribution in [3.05, 3.63) is 0 Å². The summed E-state index contributed by atoms with van der Waals surface area (Å²) in [5, 5.41) is 0. The summed E-state index contributed by atoms with van der Waals surface area (Å²) in [6, 6.07) is 0.481. The zero-order chi connectivity index (χ0) is 12.7. The minimum atomic E-state index is 0.481. The first kappa shape index (κ1) is 14.3. The van der Waals surface area contributed by atoms with Gasteiger partial charge in [0, 0.05) is 13.1 Å². The van der Waals surface area contributed by atoms with Gasteiger partial charge >= 0.3 is 0 Å². The lowest BCUT2D eigenvalue weighted by Crippen LogP contribution is -2.40. The summed E-state index contributed by atoms with van der Waals surface area (Å²) in [7, 11) is 0. The van der Waals surface area contributed by atoms with Gasteiger partial charge in [-0.2, -0.15) is 0 Å². The van der Waals surface area contributed by atoms with Crippen LogP contribution in [0.15, 0.2) is 4.99 Å². The van der Waals surface area contributed by atoms with Crippen molar-refractivity contribution in [3.8, 4) is 0 Å². The number of nitrogens with zero attached hydrogens (tertiary/aromatic N) is 2. The van der Waals surface area contributed by atoms with E-state index in [9.17, 15) is 0 Å². The molecular formula is C14H29N3. The molecule has 1 fully saturated rings. The molecule has 3 heteroatoms. The summed E-state index contributed by atoms with van der Waals surface area (Å²) in [5.41, 5.74) is 6.14. The van der Waals surface area contributed by atoms with Gasteiger partial charge in [-0.1, -0.05) is 39.5 Å². The first-order valence-electron chi connectivity index (χ1n) is 7.25. The van der Waals surface area contributed by atoms with Gasteiger partial charge in [0.05, 0.1) is 6.04 Å². The highest BCUT2D eigenvalue weighted by atomic mass is 15.2. The molecule has 0 bridgehead atoms. The standard InChI is InChI=1S/C14H29N3/c1-4-12(3)11-17(5-2)14(15)16-13-9-7-6-8-10-13/h12-13H,4-11H2,1-3H3,(H2,15,16). The third-order valence-corrected chi connectivity index (χ3v) is 3.82. The minimum Gasteiger partial charge on any atom is -0.370 e. The lowest BCUT2D eigenvalue weighted by Gasteiger charge is -2.27. The third-order valence-electron chi connectivity index (χ3n) is 3.82. The monoisotopic (exact) mass is 239 g/mol. The predicted molar refractivity (Wildman–Crippen MR) is 75.2 cm³/mol. The van der Waals surface area contributed by atoms with Crippen LogP contribution in [0.25, 0.3) is 0 Å². The van der Waals surface area contributed by atoms with Gasteiger partial charge in [0.25, 0.3) is 0 Å². The molecule has 3 nitrogen and oxygen atoms in total. The molecule has 0 aromatic rings. The largest absolute Gasteiger partial charge is 0.370 e. The minimum absolute atomic E-state index is 0.481. The molecular weight excluding hydrogens is 210 g/mol. The van der Waals surface area contributed by atoms with E-state index in [4.69, 9.17) is 10.7 Å². The van der Waals surface area contributed by atoms with Gasteiger partial charge in [0.15, 0.2) is 5.96 Å². The van der Waals surface area contributed by atoms with Gasteiger partial charge in [-0.15, -0.1) is 0 Å². The smallest absolute Gasteiger partial charge is 0.191 e. The van der Waals surface area contributed by atoms with Gasteiger partial charge in [-0.3, -0.25) is 0 Å². The fraction of sp³-hybridized carbons (Fsp3) is 0.929. The number of aliphatic imine (C=N–C) groups is 1. The zero-order valence-electron chi connectivity index (χ0n) is 11.8. The quantitative estimate of drug-likeness (QED) is 0.592. The predicted octanol–water partition coefficient (Wildman–Crippen LogP) is 3.00. The van der Waals surface area contributed by atoms with Crippen molar-refractivity contribution >= 4 is 5.96 Å². The fourth-order valence-corrected chi connectivity index (χ4v) is 2.37. The van der Waals surface area contributed by atoms with E-state index in [1.165, 1.54) is 38.5 Å². The van der Waals surface area contributed by atoms with E-state index in [1.54, 1.807) is 0 Å². The Morgan fingerprint density at radius 2 is 1.94 bits per heavy atom. The fourth-order valence-electron chi connectivity index (χ4n) is 2.37. The van der Waals surface area contributed by atoms with Crippen molar-refractivity contribution < 1.29 is 0 Å².